The zero-order valence-corrected chi connectivity index (χ0v) is 9.48. The molecule has 7 heteroatoms. The first-order valence-electron chi connectivity index (χ1n) is 5.14. The fourth-order valence-electron chi connectivity index (χ4n) is 1.70. The van der Waals surface area contributed by atoms with Crippen molar-refractivity contribution in [1.29, 1.82) is 5.26 Å². The van der Waals surface area contributed by atoms with Gasteiger partial charge in [-0.25, -0.2) is 4.79 Å². The van der Waals surface area contributed by atoms with Crippen molar-refractivity contribution < 1.29 is 14.8 Å². The lowest BCUT2D eigenvalue weighted by molar-refractivity contribution is -0.385. The molecule has 0 radical (unpaired) electrons. The number of carbonyl (C=O) groups is 1. The predicted molar refractivity (Wildman–Crippen MR) is 64.1 cm³/mol. The molecule has 1 heterocycles. The molecule has 1 N–H and O–H groups in total. The van der Waals surface area contributed by atoms with Crippen molar-refractivity contribution in [1.82, 2.24) is 4.57 Å². The van der Waals surface area contributed by atoms with Crippen LogP contribution in [0.2, 0.25) is 0 Å². The van der Waals surface area contributed by atoms with Gasteiger partial charge in [-0.05, 0) is 24.3 Å². The number of benzene rings is 1. The molecule has 7 nitrogen and oxygen atoms in total. The van der Waals surface area contributed by atoms with Crippen LogP contribution >= 0.6 is 0 Å². The number of aromatic nitrogens is 1. The lowest BCUT2D eigenvalue weighted by atomic mass is 10.1. The molecule has 0 aliphatic heterocycles. The lowest BCUT2D eigenvalue weighted by Crippen LogP contribution is -2.04. The van der Waals surface area contributed by atoms with Gasteiger partial charge in [-0.3, -0.25) is 10.1 Å². The molecule has 1 aromatic carbocycles. The van der Waals surface area contributed by atoms with E-state index in [1.54, 1.807) is 18.3 Å². The second-order valence-electron chi connectivity index (χ2n) is 3.64. The zero-order valence-electron chi connectivity index (χ0n) is 9.48. The fourth-order valence-corrected chi connectivity index (χ4v) is 1.70. The summed E-state index contributed by atoms with van der Waals surface area (Å²) in [5.74, 6) is -1.37. The Kier molecular flexibility index (Phi) is 3.00. The van der Waals surface area contributed by atoms with Crippen molar-refractivity contribution in [2.24, 2.45) is 0 Å². The second kappa shape index (κ2) is 4.62. The summed E-state index contributed by atoms with van der Waals surface area (Å²) in [5.41, 5.74) is -0.238. The average Bonchev–Trinajstić information content (AvgIpc) is 2.86. The maximum atomic E-state index is 10.9. The number of hydrogen-bond acceptors (Lipinski definition) is 4. The highest BCUT2D eigenvalue weighted by Gasteiger charge is 2.20. The molecule has 0 amide bonds. The minimum atomic E-state index is -1.37. The van der Waals surface area contributed by atoms with Gasteiger partial charge in [0.25, 0.3) is 5.69 Å². The summed E-state index contributed by atoms with van der Waals surface area (Å²) in [4.78, 5) is 21.0. The minimum Gasteiger partial charge on any atom is -0.477 e. The Bertz CT molecular complexity index is 712. The molecule has 0 saturated carbocycles. The van der Waals surface area contributed by atoms with Crippen LogP contribution in [-0.4, -0.2) is 20.6 Å². The van der Waals surface area contributed by atoms with Crippen LogP contribution in [0, 0.1) is 21.4 Å². The highest BCUT2D eigenvalue weighted by atomic mass is 16.6. The number of carboxylic acid groups (broad SMARTS) is 1. The van der Waals surface area contributed by atoms with Crippen LogP contribution in [0.1, 0.15) is 16.1 Å². The van der Waals surface area contributed by atoms with Gasteiger partial charge in [-0.15, -0.1) is 0 Å². The van der Waals surface area contributed by atoms with Gasteiger partial charge in [0.05, 0.1) is 10.6 Å². The van der Waals surface area contributed by atoms with E-state index in [0.29, 0.717) is 11.4 Å². The van der Waals surface area contributed by atoms with E-state index in [9.17, 15) is 14.9 Å². The van der Waals surface area contributed by atoms with E-state index in [4.69, 9.17) is 10.4 Å². The van der Waals surface area contributed by atoms with Crippen LogP contribution in [0.3, 0.4) is 0 Å². The van der Waals surface area contributed by atoms with Crippen LogP contribution in [0.5, 0.6) is 0 Å². The van der Waals surface area contributed by atoms with Gasteiger partial charge in [0.15, 0.2) is 0 Å². The zero-order chi connectivity index (χ0) is 14.0. The standard InChI is InChI=1S/C12H7N3O4/c13-7-9-2-1-5-14(9)8-3-4-10(12(16)17)11(6-8)15(18)19/h1-6H,(H,16,17). The third-order valence-electron chi connectivity index (χ3n) is 2.55. The van der Waals surface area contributed by atoms with E-state index in [1.165, 1.54) is 10.6 Å². The van der Waals surface area contributed by atoms with E-state index < -0.39 is 16.6 Å². The van der Waals surface area contributed by atoms with E-state index in [1.807, 2.05) is 6.07 Å². The van der Waals surface area contributed by atoms with Crippen LogP contribution in [0.25, 0.3) is 5.69 Å². The molecule has 19 heavy (non-hydrogen) atoms. The number of nitro benzene ring substituents is 1. The monoisotopic (exact) mass is 257 g/mol. The molecule has 2 rings (SSSR count). The summed E-state index contributed by atoms with van der Waals surface area (Å²) >= 11 is 0. The van der Waals surface area contributed by atoms with Gasteiger partial charge < -0.3 is 9.67 Å². The SMILES string of the molecule is N#Cc1cccn1-c1ccc(C(=O)O)c([N+](=O)[O-])c1. The van der Waals surface area contributed by atoms with Crippen molar-refractivity contribution in [3.63, 3.8) is 0 Å². The molecule has 0 aliphatic carbocycles. The molecule has 1 aromatic heterocycles. The molecular weight excluding hydrogens is 250 g/mol. The first-order chi connectivity index (χ1) is 9.04. The Balaban J connectivity index is 2.63. The van der Waals surface area contributed by atoms with Gasteiger partial charge in [0, 0.05) is 12.3 Å². The lowest BCUT2D eigenvalue weighted by Gasteiger charge is -2.05. The molecule has 0 spiro atoms. The highest BCUT2D eigenvalue weighted by Crippen LogP contribution is 2.23. The first kappa shape index (κ1) is 12.3. The van der Waals surface area contributed by atoms with Gasteiger partial charge in [0.2, 0.25) is 0 Å². The van der Waals surface area contributed by atoms with Crippen molar-refractivity contribution in [3.05, 3.63) is 57.9 Å². The minimum absolute atomic E-state index is 0.303. The van der Waals surface area contributed by atoms with Gasteiger partial charge in [0.1, 0.15) is 17.3 Å². The van der Waals surface area contributed by atoms with E-state index in [-0.39, 0.29) is 5.56 Å². The van der Waals surface area contributed by atoms with E-state index in [0.717, 1.165) is 12.1 Å². The summed E-state index contributed by atoms with van der Waals surface area (Å²) < 4.78 is 1.44. The van der Waals surface area contributed by atoms with Crippen molar-refractivity contribution in [2.45, 2.75) is 0 Å². The van der Waals surface area contributed by atoms with Crippen LogP contribution in [0.15, 0.2) is 36.5 Å². The predicted octanol–water partition coefficient (Wildman–Crippen LogP) is 1.96. The number of nitriles is 1. The molecule has 0 fully saturated rings. The fraction of sp³-hybridized carbons (Fsp3) is 0. The van der Waals surface area contributed by atoms with E-state index >= 15 is 0 Å². The smallest absolute Gasteiger partial charge is 0.342 e. The Morgan fingerprint density at radius 1 is 1.42 bits per heavy atom. The molecule has 94 valence electrons. The maximum Gasteiger partial charge on any atom is 0.342 e. The largest absolute Gasteiger partial charge is 0.477 e. The summed E-state index contributed by atoms with van der Waals surface area (Å²) in [5, 5.41) is 28.6. The number of nitrogens with zero attached hydrogens (tertiary/aromatic N) is 3. The summed E-state index contributed by atoms with van der Waals surface area (Å²) in [6, 6.07) is 8.80. The van der Waals surface area contributed by atoms with Gasteiger partial charge in [-0.1, -0.05) is 0 Å². The third kappa shape index (κ3) is 2.14. The van der Waals surface area contributed by atoms with E-state index in [2.05, 4.69) is 0 Å². The first-order valence-corrected chi connectivity index (χ1v) is 5.14. The Hall–Kier alpha value is -3.14. The van der Waals surface area contributed by atoms with Crippen molar-refractivity contribution >= 4 is 11.7 Å². The topological polar surface area (TPSA) is 109 Å². The molecule has 2 aromatic rings. The van der Waals surface area contributed by atoms with Crippen LogP contribution < -0.4 is 0 Å². The van der Waals surface area contributed by atoms with Crippen molar-refractivity contribution in [3.8, 4) is 11.8 Å². The molecule has 0 saturated heterocycles. The van der Waals surface area contributed by atoms with Crippen LogP contribution in [-0.2, 0) is 0 Å². The van der Waals surface area contributed by atoms with Gasteiger partial charge in [-0.2, -0.15) is 5.26 Å². The Morgan fingerprint density at radius 3 is 2.74 bits per heavy atom. The number of hydrogen-bond donors (Lipinski definition) is 1. The molecule has 0 aliphatic rings. The summed E-state index contributed by atoms with van der Waals surface area (Å²) in [6.07, 6.45) is 1.57. The number of carboxylic acids is 1. The number of aromatic carboxylic acids is 1. The molecule has 0 bridgehead atoms. The molecule has 0 unspecified atom stereocenters. The number of nitro groups is 1. The third-order valence-corrected chi connectivity index (χ3v) is 2.55. The Morgan fingerprint density at radius 2 is 2.16 bits per heavy atom. The van der Waals surface area contributed by atoms with Gasteiger partial charge >= 0.3 is 5.97 Å². The average molecular weight is 257 g/mol. The molecular formula is C12H7N3O4. The summed E-state index contributed by atoms with van der Waals surface area (Å²) in [6.45, 7) is 0. The quantitative estimate of drug-likeness (QED) is 0.667. The number of rotatable bonds is 3. The second-order valence-corrected chi connectivity index (χ2v) is 3.64. The molecule has 0 atom stereocenters. The maximum absolute atomic E-state index is 10.9. The van der Waals surface area contributed by atoms with Crippen molar-refractivity contribution in [2.75, 3.05) is 0 Å². The normalized spacial score (nSPS) is 9.84. The summed E-state index contributed by atoms with van der Waals surface area (Å²) in [7, 11) is 0. The Labute approximate surface area is 107 Å². The van der Waals surface area contributed by atoms with Crippen LogP contribution in [0.4, 0.5) is 5.69 Å². The highest BCUT2D eigenvalue weighted by molar-refractivity contribution is 5.92.